The molecule has 87 heavy (non-hydrogen) atoms. The fraction of sp³-hybridized carbons (Fsp3) is 1.00. The van der Waals surface area contributed by atoms with E-state index in [1.54, 1.807) is 7.05 Å². The van der Waals surface area contributed by atoms with Crippen LogP contribution in [0.4, 0.5) is 0 Å². The zero-order chi connectivity index (χ0) is 68.7. The van der Waals surface area contributed by atoms with Gasteiger partial charge in [-0.15, -0.1) is 0 Å². The maximum atomic E-state index is 12.8. The van der Waals surface area contributed by atoms with Gasteiger partial charge in [-0.1, -0.05) is 0 Å². The molecule has 0 radical (unpaired) electrons. The minimum absolute atomic E-state index is 0.0998. The summed E-state index contributed by atoms with van der Waals surface area (Å²) in [6.07, 6.45) is 0.250. The summed E-state index contributed by atoms with van der Waals surface area (Å²) in [7, 11) is -179. The van der Waals surface area contributed by atoms with Gasteiger partial charge in [-0.2, -0.15) is 0 Å². The highest BCUT2D eigenvalue weighted by Crippen LogP contribution is 2.10. The first kappa shape index (κ1) is 87.8. The monoisotopic (exact) mass is 1870 g/mol. The molecule has 0 saturated carbocycles. The Hall–Kier alpha value is 0.755. The molecule has 0 heterocycles. The number of hydrogen-bond donors (Lipinski definition) is 3. The summed E-state index contributed by atoms with van der Waals surface area (Å²) in [4.78, 5) is 19.2. The van der Waals surface area contributed by atoms with Crippen LogP contribution >= 0.6 is 0 Å². The van der Waals surface area contributed by atoms with E-state index in [9.17, 15) is 174 Å². The maximum absolute atomic E-state index is 12.8. The average molecular weight is 1870 g/mol. The van der Waals surface area contributed by atoms with Crippen molar-refractivity contribution in [3.63, 3.8) is 0 Å². The van der Waals surface area contributed by atoms with Crippen molar-refractivity contribution >= 4 is 312 Å². The molecule has 0 spiro atoms. The van der Waals surface area contributed by atoms with E-state index < -0.39 is 312 Å². The molecule has 42 nitrogen and oxygen atoms in total. The van der Waals surface area contributed by atoms with Crippen LogP contribution in [-0.4, -0.2) is 335 Å². The predicted octanol–water partition coefficient (Wildman–Crippen LogP) is -20.3. The molecule has 0 aromatic heterocycles. The Labute approximate surface area is 527 Å². The molecule has 0 aliphatic rings. The second-order valence-electron chi connectivity index (χ2n) is 15.2. The molecule has 1 atom stereocenters. The average Bonchev–Trinajstić information content (AvgIpc) is 2.20. The molecule has 1 unspecified atom stereocenters. The van der Waals surface area contributed by atoms with Gasteiger partial charge in [-0.25, -0.2) is 0 Å². The van der Waals surface area contributed by atoms with Crippen molar-refractivity contribution < 1.29 is 183 Å². The van der Waals surface area contributed by atoms with Crippen molar-refractivity contribution in [2.75, 3.05) is 13.6 Å². The fourth-order valence-corrected chi connectivity index (χ4v) is 452. The van der Waals surface area contributed by atoms with Crippen molar-refractivity contribution in [3.8, 4) is 0 Å². The van der Waals surface area contributed by atoms with Crippen molar-refractivity contribution in [2.45, 2.75) is 19.0 Å². The fourth-order valence-electron chi connectivity index (χ4n) is 4.69. The van der Waals surface area contributed by atoms with E-state index in [0.717, 1.165) is 6.55 Å². The Bertz CT molecular complexity index is 3760. The summed E-state index contributed by atoms with van der Waals surface area (Å²) in [5, 5.41) is 2.71. The van der Waals surface area contributed by atoms with Gasteiger partial charge in [-0.3, -0.25) is 0 Å². The smallest absolute Gasteiger partial charge is 0.533 e. The second kappa shape index (κ2) is 39.7. The van der Waals surface area contributed by atoms with Crippen LogP contribution < -0.4 is 5.32 Å². The molecule has 0 rings (SSSR count). The standard InChI is InChI=1S/C5H17NO41Si40/c1-6-4-3-5-87(2,46)47-49(8)51(10)53(12)55(14)57(16)59(18)61(20)63(22)65(24)67(26)69(28)71(30)73(32)75(34)77(36)79(38)81(40)83(42)85(44)86(45)84(43)82(41)80(39)78(37)76(35)74(33)72(31)70(29)68(27)66(25)64(23)62(21)60(19)58(17)56(15)54(13)52(11)50(9)48-7/h6-7,46H,3-5,48H2,1-2H3. The maximum Gasteiger partial charge on any atom is 0.533 e. The van der Waals surface area contributed by atoms with Gasteiger partial charge in [0.05, 0.1) is 0 Å². The highest BCUT2D eigenvalue weighted by atomic mass is 30.2. The van der Waals surface area contributed by atoms with Gasteiger partial charge in [0.1, 0.15) is 0 Å². The normalized spacial score (nSPS) is 10.9. The lowest BCUT2D eigenvalue weighted by atomic mass is 10.5. The lowest BCUT2D eigenvalue weighted by Crippen LogP contribution is -2.58. The van der Waals surface area contributed by atoms with Crippen molar-refractivity contribution in [3.05, 3.63) is 0 Å². The minimum atomic E-state index is -4.85. The first-order valence-corrected chi connectivity index (χ1v) is 117. The molecule has 0 amide bonds. The summed E-state index contributed by atoms with van der Waals surface area (Å²) in [5.41, 5.74) is 0. The SMILES string of the molecule is CNCCC[Si](C)(O)O[Si](=O)[Si](=O)[Si](=O)[Si](=O)[Si](=O)[Si](=O)[Si](=O)[Si](=O)[Si](=O)[Si](=O)[Si](=O)[Si](=O)[Si](=O)[Si](=O)[Si](=O)[Si](=O)[Si](=O)[Si](=O)[Si](=O)[Si](=O)[Si](=O)[Si](=O)[Si](=O)[Si](=O)[Si](=O)[Si](=O)[Si](=O)[Si](=O)[Si](=O)[Si](=O)[Si](=O)[Si](=O)[Si](=O)[Si](=O)[Si](=O)[Si](=O)[Si](=O)[Si](=O)[SiH2]O. The quantitative estimate of drug-likeness (QED) is 0.0377. The zero-order valence-electron chi connectivity index (χ0n) is 41.6. The van der Waals surface area contributed by atoms with E-state index in [1.165, 1.54) is 0 Å². The van der Waals surface area contributed by atoms with E-state index >= 15 is 0 Å². The molecule has 0 aliphatic heterocycles. The van der Waals surface area contributed by atoms with Gasteiger partial charge in [0.15, 0.2) is 0 Å². The Morgan fingerprint density at radius 2 is 0.414 bits per heavy atom. The van der Waals surface area contributed by atoms with E-state index in [-0.39, 0.29) is 12.5 Å². The molecule has 0 aromatic carbocycles. The third kappa shape index (κ3) is 23.8. The number of nitrogens with one attached hydrogen (secondary N) is 1. The molecular weight excluding hydrogens is 1850 g/mol. The number of hydrogen-bond acceptors (Lipinski definition) is 42. The lowest BCUT2D eigenvalue weighted by molar-refractivity contribution is 0.360. The first-order valence-electron chi connectivity index (χ1n) is 21.0. The van der Waals surface area contributed by atoms with Crippen LogP contribution in [0.3, 0.4) is 0 Å². The first-order chi connectivity index (χ1) is 39.7. The van der Waals surface area contributed by atoms with Crippen LogP contribution in [0.15, 0.2) is 0 Å². The summed E-state index contributed by atoms with van der Waals surface area (Å²) in [6.45, 7) is 1.43. The molecule has 0 aliphatic carbocycles. The molecule has 0 bridgehead atoms. The highest BCUT2D eigenvalue weighted by Gasteiger charge is 2.60. The summed E-state index contributed by atoms with van der Waals surface area (Å²) >= 11 is 0. The number of rotatable bonds is 44. The van der Waals surface area contributed by atoms with Crippen LogP contribution in [0.5, 0.6) is 0 Å². The molecule has 0 saturated heterocycles. The van der Waals surface area contributed by atoms with Crippen molar-refractivity contribution in [1.29, 1.82) is 0 Å². The van der Waals surface area contributed by atoms with Gasteiger partial charge >= 0.3 is 303 Å². The van der Waals surface area contributed by atoms with E-state index in [1.807, 2.05) is 0 Å². The molecule has 0 aromatic rings. The second-order valence-corrected chi connectivity index (χ2v) is 204. The van der Waals surface area contributed by atoms with Gasteiger partial charge in [0.2, 0.25) is 9.28 Å². The van der Waals surface area contributed by atoms with Gasteiger partial charge in [0, 0.05) is 6.04 Å². The predicted molar refractivity (Wildman–Crippen MR) is 294 cm³/mol. The van der Waals surface area contributed by atoms with Crippen molar-refractivity contribution in [2.24, 2.45) is 0 Å². The Kier molecular flexibility index (Phi) is 40.1. The minimum Gasteiger partial charge on any atom is -0.558 e. The van der Waals surface area contributed by atoms with E-state index in [0.29, 0.717) is 6.54 Å². The third-order valence-electron chi connectivity index (χ3n) is 9.18. The molecule has 448 valence electrons. The van der Waals surface area contributed by atoms with E-state index in [4.69, 9.17) is 8.91 Å². The third-order valence-corrected chi connectivity index (χ3v) is 310. The van der Waals surface area contributed by atoms with Crippen LogP contribution in [-0.2, 0) is 174 Å². The topological polar surface area (TPSA) is 710 Å². The van der Waals surface area contributed by atoms with Crippen LogP contribution in [0.2, 0.25) is 12.6 Å². The Morgan fingerprint density at radius 3 is 0.552 bits per heavy atom. The Morgan fingerprint density at radius 1 is 0.276 bits per heavy atom. The van der Waals surface area contributed by atoms with Gasteiger partial charge in [-0.05, 0) is 26.6 Å². The summed E-state index contributed by atoms with van der Waals surface area (Å²) < 4.78 is 485. The van der Waals surface area contributed by atoms with E-state index in [2.05, 4.69) is 5.32 Å². The largest absolute Gasteiger partial charge is 0.558 e. The van der Waals surface area contributed by atoms with Crippen LogP contribution in [0.1, 0.15) is 6.42 Å². The molecule has 0 fully saturated rings. The molecular formula is C5H17NO41Si40. The zero-order valence-corrected chi connectivity index (χ0v) is 82.1. The van der Waals surface area contributed by atoms with Gasteiger partial charge < -0.3 is 189 Å². The van der Waals surface area contributed by atoms with Crippen LogP contribution in [0, 0.1) is 0 Å². The summed E-state index contributed by atoms with van der Waals surface area (Å²) in [6, 6.07) is -0.0998. The summed E-state index contributed by atoms with van der Waals surface area (Å²) in [5.74, 6) is 0. The highest BCUT2D eigenvalue weighted by molar-refractivity contribution is 7.86. The molecule has 3 N–H and O–H groups in total. The molecule has 82 heteroatoms. The lowest BCUT2D eigenvalue weighted by Gasteiger charge is -2.19. The van der Waals surface area contributed by atoms with Gasteiger partial charge in [0.25, 0.3) is 0 Å². The van der Waals surface area contributed by atoms with Crippen molar-refractivity contribution in [1.82, 2.24) is 5.32 Å². The Balaban J connectivity index is 5.95. The van der Waals surface area contributed by atoms with Crippen LogP contribution in [0.25, 0.3) is 0 Å².